The van der Waals surface area contributed by atoms with Gasteiger partial charge in [0, 0.05) is 36.2 Å². The van der Waals surface area contributed by atoms with Crippen molar-refractivity contribution in [1.29, 1.82) is 0 Å². The van der Waals surface area contributed by atoms with Crippen molar-refractivity contribution in [2.45, 2.75) is 39.2 Å². The number of aliphatic carboxylic acids is 1. The highest BCUT2D eigenvalue weighted by molar-refractivity contribution is 5.78. The normalized spacial score (nSPS) is 14.8. The molecule has 1 atom stereocenters. The number of anilines is 1. The van der Waals surface area contributed by atoms with Crippen molar-refractivity contribution < 1.29 is 14.6 Å². The lowest BCUT2D eigenvalue weighted by atomic mass is 9.98. The topological polar surface area (TPSA) is 76.4 Å². The molecule has 1 aliphatic rings. The van der Waals surface area contributed by atoms with Gasteiger partial charge < -0.3 is 15.2 Å². The van der Waals surface area contributed by atoms with Gasteiger partial charge in [0.1, 0.15) is 11.6 Å². The van der Waals surface area contributed by atoms with Gasteiger partial charge in [0.15, 0.2) is 0 Å². The van der Waals surface area contributed by atoms with E-state index >= 15 is 0 Å². The van der Waals surface area contributed by atoms with Crippen molar-refractivity contribution in [1.82, 2.24) is 9.55 Å². The summed E-state index contributed by atoms with van der Waals surface area (Å²) in [4.78, 5) is 15.9. The van der Waals surface area contributed by atoms with Gasteiger partial charge in [-0.15, -0.1) is 0 Å². The average molecular weight is 442 g/mol. The largest absolute Gasteiger partial charge is 0.493 e. The van der Waals surface area contributed by atoms with Crippen LogP contribution in [0.1, 0.15) is 41.8 Å². The Labute approximate surface area is 192 Å². The molecule has 0 spiro atoms. The van der Waals surface area contributed by atoms with Gasteiger partial charge in [0.05, 0.1) is 29.7 Å². The van der Waals surface area contributed by atoms with Gasteiger partial charge in [-0.2, -0.15) is 0 Å². The first-order chi connectivity index (χ1) is 16.0. The van der Waals surface area contributed by atoms with E-state index in [1.165, 1.54) is 11.1 Å². The molecule has 0 saturated carbocycles. The van der Waals surface area contributed by atoms with Crippen LogP contribution in [0.3, 0.4) is 0 Å². The SMILES string of the molecule is CCc1nc2ccccc2n1-c1cccc(CNc2ccc3c(c2)OCC3CC(=O)O)c1C. The van der Waals surface area contributed by atoms with Gasteiger partial charge in [-0.05, 0) is 42.3 Å². The number of aryl methyl sites for hydroxylation is 1. The Hall–Kier alpha value is -3.80. The van der Waals surface area contributed by atoms with Gasteiger partial charge in [-0.25, -0.2) is 4.98 Å². The molecule has 0 amide bonds. The number of carbonyl (C=O) groups is 1. The van der Waals surface area contributed by atoms with Gasteiger partial charge in [0.25, 0.3) is 0 Å². The summed E-state index contributed by atoms with van der Waals surface area (Å²) in [6.45, 7) is 5.38. The fraction of sp³-hybridized carbons (Fsp3) is 0.259. The summed E-state index contributed by atoms with van der Waals surface area (Å²) in [6.07, 6.45) is 0.947. The van der Waals surface area contributed by atoms with Crippen LogP contribution in [0.25, 0.3) is 16.7 Å². The molecule has 33 heavy (non-hydrogen) atoms. The third-order valence-electron chi connectivity index (χ3n) is 6.40. The number of rotatable bonds is 7. The lowest BCUT2D eigenvalue weighted by Gasteiger charge is -2.16. The highest BCUT2D eigenvalue weighted by atomic mass is 16.5. The molecule has 1 unspecified atom stereocenters. The maximum Gasteiger partial charge on any atom is 0.304 e. The fourth-order valence-electron chi connectivity index (χ4n) is 4.65. The van der Waals surface area contributed by atoms with E-state index in [0.717, 1.165) is 46.0 Å². The lowest BCUT2D eigenvalue weighted by molar-refractivity contribution is -0.137. The number of carboxylic acid groups (broad SMARTS) is 1. The number of fused-ring (bicyclic) bond motifs is 2. The van der Waals surface area contributed by atoms with E-state index in [1.54, 1.807) is 0 Å². The molecule has 5 rings (SSSR count). The van der Waals surface area contributed by atoms with Crippen LogP contribution in [0.15, 0.2) is 60.7 Å². The second kappa shape index (κ2) is 8.62. The van der Waals surface area contributed by atoms with E-state index in [2.05, 4.69) is 60.1 Å². The smallest absolute Gasteiger partial charge is 0.304 e. The van der Waals surface area contributed by atoms with Crippen LogP contribution in [0.5, 0.6) is 5.75 Å². The van der Waals surface area contributed by atoms with Gasteiger partial charge in [-0.1, -0.05) is 37.3 Å². The molecule has 4 aromatic rings. The van der Waals surface area contributed by atoms with Crippen molar-refractivity contribution in [3.8, 4) is 11.4 Å². The second-order valence-corrected chi connectivity index (χ2v) is 8.48. The number of hydrogen-bond acceptors (Lipinski definition) is 4. The van der Waals surface area contributed by atoms with Crippen LogP contribution in [-0.2, 0) is 17.8 Å². The number of carboxylic acids is 1. The molecule has 3 aromatic carbocycles. The summed E-state index contributed by atoms with van der Waals surface area (Å²) in [7, 11) is 0. The van der Waals surface area contributed by atoms with Crippen LogP contribution in [0.2, 0.25) is 0 Å². The van der Waals surface area contributed by atoms with Crippen LogP contribution >= 0.6 is 0 Å². The number of aromatic nitrogens is 2. The Morgan fingerprint density at radius 1 is 1.18 bits per heavy atom. The van der Waals surface area contributed by atoms with Crippen molar-refractivity contribution in [2.75, 3.05) is 11.9 Å². The Morgan fingerprint density at radius 3 is 2.85 bits per heavy atom. The lowest BCUT2D eigenvalue weighted by Crippen LogP contribution is -2.07. The molecule has 0 saturated heterocycles. The molecule has 168 valence electrons. The van der Waals surface area contributed by atoms with Crippen molar-refractivity contribution in [3.63, 3.8) is 0 Å². The Kier molecular flexibility index (Phi) is 5.50. The zero-order valence-electron chi connectivity index (χ0n) is 18.8. The van der Waals surface area contributed by atoms with Crippen molar-refractivity contribution in [2.24, 2.45) is 0 Å². The summed E-state index contributed by atoms with van der Waals surface area (Å²) < 4.78 is 8.01. The second-order valence-electron chi connectivity index (χ2n) is 8.48. The number of para-hydroxylation sites is 2. The minimum absolute atomic E-state index is 0.0803. The van der Waals surface area contributed by atoms with Gasteiger partial charge in [-0.3, -0.25) is 9.36 Å². The van der Waals surface area contributed by atoms with Crippen LogP contribution in [0.4, 0.5) is 5.69 Å². The highest BCUT2D eigenvalue weighted by Gasteiger charge is 2.26. The van der Waals surface area contributed by atoms with Crippen LogP contribution in [0, 0.1) is 6.92 Å². The fourth-order valence-corrected chi connectivity index (χ4v) is 4.65. The Morgan fingerprint density at radius 2 is 2.03 bits per heavy atom. The zero-order valence-corrected chi connectivity index (χ0v) is 18.8. The van der Waals surface area contributed by atoms with Gasteiger partial charge in [0.2, 0.25) is 0 Å². The molecule has 1 aromatic heterocycles. The molecule has 6 nitrogen and oxygen atoms in total. The summed E-state index contributed by atoms with van der Waals surface area (Å²) in [5.74, 6) is 0.944. The molecule has 0 aliphatic carbocycles. The van der Waals surface area contributed by atoms with Crippen molar-refractivity contribution in [3.05, 3.63) is 83.2 Å². The maximum atomic E-state index is 11.1. The average Bonchev–Trinajstić information content (AvgIpc) is 3.39. The molecule has 0 fully saturated rings. The zero-order chi connectivity index (χ0) is 22.9. The number of benzene rings is 3. The minimum Gasteiger partial charge on any atom is -0.493 e. The maximum absolute atomic E-state index is 11.1. The Bertz CT molecular complexity index is 1340. The van der Waals surface area contributed by atoms with Crippen LogP contribution < -0.4 is 10.1 Å². The first-order valence-electron chi connectivity index (χ1n) is 11.3. The molecule has 0 bridgehead atoms. The number of nitrogens with zero attached hydrogens (tertiary/aromatic N) is 2. The third-order valence-corrected chi connectivity index (χ3v) is 6.40. The quantitative estimate of drug-likeness (QED) is 0.398. The first-order valence-corrected chi connectivity index (χ1v) is 11.3. The summed E-state index contributed by atoms with van der Waals surface area (Å²) in [6, 6.07) is 20.6. The van der Waals surface area contributed by atoms with E-state index in [-0.39, 0.29) is 12.3 Å². The molecule has 0 radical (unpaired) electrons. The molecule has 2 N–H and O–H groups in total. The third kappa shape index (κ3) is 3.93. The molecule has 1 aliphatic heterocycles. The predicted octanol–water partition coefficient (Wildman–Crippen LogP) is 5.46. The first kappa shape index (κ1) is 21.1. The molecular weight excluding hydrogens is 414 g/mol. The number of ether oxygens (including phenoxy) is 1. The summed E-state index contributed by atoms with van der Waals surface area (Å²) >= 11 is 0. The van der Waals surface area contributed by atoms with E-state index < -0.39 is 5.97 Å². The Balaban J connectivity index is 1.40. The molecular formula is C27H27N3O3. The number of nitrogens with one attached hydrogen (secondary N) is 1. The van der Waals surface area contributed by atoms with E-state index in [9.17, 15) is 4.79 Å². The summed E-state index contributed by atoms with van der Waals surface area (Å²) in [5.41, 5.74) is 7.62. The van der Waals surface area contributed by atoms with Crippen molar-refractivity contribution >= 4 is 22.7 Å². The van der Waals surface area contributed by atoms with E-state index in [1.807, 2.05) is 24.3 Å². The molecule has 2 heterocycles. The highest BCUT2D eigenvalue weighted by Crippen LogP contribution is 2.37. The van der Waals surface area contributed by atoms with Gasteiger partial charge >= 0.3 is 5.97 Å². The molecule has 6 heteroatoms. The number of imidazole rings is 1. The van der Waals surface area contributed by atoms with E-state index in [4.69, 9.17) is 14.8 Å². The monoisotopic (exact) mass is 441 g/mol. The van der Waals surface area contributed by atoms with E-state index in [0.29, 0.717) is 13.2 Å². The summed E-state index contributed by atoms with van der Waals surface area (Å²) in [5, 5.41) is 12.6. The minimum atomic E-state index is -0.800. The standard InChI is InChI=1S/C27H27N3O3/c1-3-26-29-22-8-4-5-9-24(22)30(26)23-10-6-7-18(17(23)2)15-28-20-11-12-21-19(13-27(31)32)16-33-25(21)14-20/h4-12,14,19,28H,3,13,15-16H2,1-2H3,(H,31,32). The number of hydrogen-bond donors (Lipinski definition) is 2. The van der Waals surface area contributed by atoms with Crippen LogP contribution in [-0.4, -0.2) is 27.2 Å². The predicted molar refractivity (Wildman–Crippen MR) is 129 cm³/mol.